The van der Waals surface area contributed by atoms with E-state index in [9.17, 15) is 0 Å². The summed E-state index contributed by atoms with van der Waals surface area (Å²) in [5.74, 6) is 0. The molecule has 1 radical (unpaired) electrons. The zero-order valence-electron chi connectivity index (χ0n) is 1.29. The number of hydrogen-bond acceptors (Lipinski definition) is 0. The molecule has 0 nitrogen and oxygen atoms in total. The van der Waals surface area contributed by atoms with Crippen LogP contribution < -0.4 is 0 Å². The van der Waals surface area contributed by atoms with Gasteiger partial charge in [-0.3, -0.25) is 0 Å². The molecular formula is H4MnSiTiW. The molecule has 0 saturated heterocycles. The summed E-state index contributed by atoms with van der Waals surface area (Å²) in [6.45, 7) is 0. The Labute approximate surface area is 70.1 Å². The Bertz CT molecular complexity index is 8.00. The van der Waals surface area contributed by atoms with Gasteiger partial charge in [0.25, 0.3) is 0 Å². The fourth-order valence-corrected chi connectivity index (χ4v) is 0. The van der Waals surface area contributed by atoms with E-state index in [1.54, 1.807) is 0 Å². The van der Waals surface area contributed by atoms with Crippen LogP contribution in [0.5, 0.6) is 0 Å². The van der Waals surface area contributed by atoms with Gasteiger partial charge in [0.1, 0.15) is 0 Å². The first-order valence-corrected chi connectivity index (χ1v) is 0. The minimum absolute atomic E-state index is 0. The summed E-state index contributed by atoms with van der Waals surface area (Å²) >= 11 is 0. The summed E-state index contributed by atoms with van der Waals surface area (Å²) in [4.78, 5) is 0. The van der Waals surface area contributed by atoms with E-state index in [1.807, 2.05) is 0 Å². The number of hydrogen-bond donors (Lipinski definition) is 0. The molecule has 0 rings (SSSR count). The third-order valence-electron chi connectivity index (χ3n) is 0. The molecule has 0 bridgehead atoms. The SMILES string of the molecule is [Mn].[SiH4].[Ti].[W]. The van der Waals surface area contributed by atoms with Crippen LogP contribution in [0.15, 0.2) is 0 Å². The monoisotopic (exact) mass is 319 g/mol. The van der Waals surface area contributed by atoms with Gasteiger partial charge >= 0.3 is 0 Å². The first kappa shape index (κ1) is 35.4. The van der Waals surface area contributed by atoms with Crippen molar-refractivity contribution in [3.8, 4) is 0 Å². The minimum atomic E-state index is 0. The van der Waals surface area contributed by atoms with Crippen LogP contribution in [0, 0.1) is 0 Å². The summed E-state index contributed by atoms with van der Waals surface area (Å²) in [6, 6.07) is 0. The predicted molar refractivity (Wildman–Crippen MR) is 11.3 cm³/mol. The Morgan fingerprint density at radius 2 is 1.00 bits per heavy atom. The molecule has 0 heterocycles. The second kappa shape index (κ2) is 19.2. The Balaban J connectivity index is 0. The van der Waals surface area contributed by atoms with Gasteiger partial charge in [0.15, 0.2) is 0 Å². The van der Waals surface area contributed by atoms with Gasteiger partial charge in [0.05, 0.1) is 0 Å². The van der Waals surface area contributed by atoms with Crippen molar-refractivity contribution in [2.24, 2.45) is 0 Å². The summed E-state index contributed by atoms with van der Waals surface area (Å²) in [5, 5.41) is 0. The van der Waals surface area contributed by atoms with Crippen molar-refractivity contribution in [2.45, 2.75) is 0 Å². The molecule has 0 unspecified atom stereocenters. The molecule has 4 heavy (non-hydrogen) atoms. The molecule has 0 aliphatic heterocycles. The quantitative estimate of drug-likeness (QED) is 0.479. The van der Waals surface area contributed by atoms with Gasteiger partial charge in [0.2, 0.25) is 0 Å². The van der Waals surface area contributed by atoms with Crippen molar-refractivity contribution in [1.82, 2.24) is 0 Å². The maximum absolute atomic E-state index is 0. The van der Waals surface area contributed by atoms with E-state index < -0.39 is 0 Å². The molecule has 0 N–H and O–H groups in total. The molecule has 25 valence electrons. The molecule has 0 aromatic heterocycles. The van der Waals surface area contributed by atoms with Crippen LogP contribution in [0.1, 0.15) is 0 Å². The van der Waals surface area contributed by atoms with Gasteiger partial charge in [-0.25, -0.2) is 0 Å². The Morgan fingerprint density at radius 3 is 1.00 bits per heavy atom. The fraction of sp³-hybridized carbons (Fsp3) is 0. The van der Waals surface area contributed by atoms with Gasteiger partial charge < -0.3 is 0 Å². The molecule has 4 heteroatoms. The van der Waals surface area contributed by atoms with Crippen LogP contribution in [0.3, 0.4) is 0 Å². The molecule has 0 aliphatic carbocycles. The summed E-state index contributed by atoms with van der Waals surface area (Å²) < 4.78 is 0. The summed E-state index contributed by atoms with van der Waals surface area (Å²) in [5.41, 5.74) is 0. The van der Waals surface area contributed by atoms with Crippen molar-refractivity contribution < 1.29 is 59.9 Å². The van der Waals surface area contributed by atoms with Gasteiger partial charge in [-0.15, -0.1) is 0 Å². The molecule has 0 aromatic carbocycles. The van der Waals surface area contributed by atoms with Crippen LogP contribution in [-0.4, -0.2) is 11.0 Å². The smallest absolute Gasteiger partial charge is 0 e. The summed E-state index contributed by atoms with van der Waals surface area (Å²) in [7, 11) is 0. The van der Waals surface area contributed by atoms with Crippen LogP contribution in [0.25, 0.3) is 0 Å². The van der Waals surface area contributed by atoms with E-state index in [-0.39, 0.29) is 70.8 Å². The van der Waals surface area contributed by atoms with Crippen LogP contribution in [0.4, 0.5) is 0 Å². The van der Waals surface area contributed by atoms with Gasteiger partial charge in [-0.05, 0) is 11.0 Å². The van der Waals surface area contributed by atoms with Gasteiger partial charge in [0, 0.05) is 59.9 Å². The first-order valence-electron chi connectivity index (χ1n) is 0. The van der Waals surface area contributed by atoms with Crippen LogP contribution >= 0.6 is 0 Å². The maximum Gasteiger partial charge on any atom is 0 e. The van der Waals surface area contributed by atoms with Crippen molar-refractivity contribution in [2.75, 3.05) is 0 Å². The second-order valence-electron chi connectivity index (χ2n) is 0. The fourth-order valence-electron chi connectivity index (χ4n) is 0. The van der Waals surface area contributed by atoms with E-state index in [0.717, 1.165) is 0 Å². The zero-order chi connectivity index (χ0) is 0. The van der Waals surface area contributed by atoms with Crippen molar-refractivity contribution in [3.63, 3.8) is 0 Å². The Hall–Kier alpha value is 2.14. The second-order valence-corrected chi connectivity index (χ2v) is 0. The Kier molecular flexibility index (Phi) is 170. The Morgan fingerprint density at radius 1 is 1.00 bits per heavy atom. The normalized spacial score (nSPS) is 0. The predicted octanol–water partition coefficient (Wildman–Crippen LogP) is -1.46. The first-order chi connectivity index (χ1) is 0. The van der Waals surface area contributed by atoms with E-state index in [0.29, 0.717) is 0 Å². The average molecular weight is 319 g/mol. The topological polar surface area (TPSA) is 0 Å². The van der Waals surface area contributed by atoms with Crippen molar-refractivity contribution >= 4 is 11.0 Å². The average Bonchev–Trinajstić information content (AvgIpc) is 0. The van der Waals surface area contributed by atoms with Gasteiger partial charge in [-0.1, -0.05) is 0 Å². The third kappa shape index (κ3) is 8.91. The molecular weight excluding hydrogens is 315 g/mol. The maximum atomic E-state index is 0. The van der Waals surface area contributed by atoms with E-state index in [2.05, 4.69) is 0 Å². The van der Waals surface area contributed by atoms with Crippen LogP contribution in [0.2, 0.25) is 0 Å². The number of rotatable bonds is 0. The largest absolute Gasteiger partial charge is 0.0149 e. The van der Waals surface area contributed by atoms with E-state index in [4.69, 9.17) is 0 Å². The zero-order valence-corrected chi connectivity index (χ0v) is 6.96. The molecule has 0 aliphatic rings. The third-order valence-corrected chi connectivity index (χ3v) is 0. The molecule has 0 atom stereocenters. The van der Waals surface area contributed by atoms with Gasteiger partial charge in [-0.2, -0.15) is 0 Å². The van der Waals surface area contributed by atoms with E-state index >= 15 is 0 Å². The van der Waals surface area contributed by atoms with Crippen LogP contribution in [-0.2, 0) is 59.9 Å². The molecule has 0 amide bonds. The van der Waals surface area contributed by atoms with E-state index in [1.165, 1.54) is 0 Å². The molecule has 0 fully saturated rings. The minimum Gasteiger partial charge on any atom is -0.0149 e. The molecule has 0 aromatic rings. The van der Waals surface area contributed by atoms with Crippen molar-refractivity contribution in [1.29, 1.82) is 0 Å². The molecule has 0 saturated carbocycles. The summed E-state index contributed by atoms with van der Waals surface area (Å²) in [6.07, 6.45) is 0. The standard InChI is InChI=1S/Mn.H4Si.Ti.W/h;1H4;;. The van der Waals surface area contributed by atoms with Crippen molar-refractivity contribution in [3.05, 3.63) is 0 Å². The molecule has 0 spiro atoms.